The van der Waals surface area contributed by atoms with Gasteiger partial charge >= 0.3 is 6.03 Å². The van der Waals surface area contributed by atoms with Gasteiger partial charge in [0, 0.05) is 27.9 Å². The van der Waals surface area contributed by atoms with Crippen LogP contribution < -0.4 is 10.6 Å². The Balaban J connectivity index is 1.34. The molecule has 2 aromatic carbocycles. The number of hydrogen-bond acceptors (Lipinski definition) is 6. The predicted molar refractivity (Wildman–Crippen MR) is 120 cm³/mol. The second-order valence-electron chi connectivity index (χ2n) is 7.97. The molecule has 2 N–H and O–H groups in total. The van der Waals surface area contributed by atoms with Crippen molar-refractivity contribution in [1.82, 2.24) is 10.2 Å². The minimum Gasteiger partial charge on any atom is -0.325 e. The van der Waals surface area contributed by atoms with Gasteiger partial charge in [-0.25, -0.2) is 4.79 Å². The van der Waals surface area contributed by atoms with Crippen molar-refractivity contribution in [2.75, 3.05) is 11.9 Å². The molecule has 1 atom stereocenters. The van der Waals surface area contributed by atoms with Gasteiger partial charge in [-0.05, 0) is 47.5 Å². The Bertz CT molecular complexity index is 1360. The molecule has 1 fully saturated rings. The summed E-state index contributed by atoms with van der Waals surface area (Å²) < 4.78 is 0. The van der Waals surface area contributed by atoms with E-state index in [9.17, 15) is 24.0 Å². The standard InChI is InChI=1S/C24H17N3O5S/c1-24(13-8-9-33-12-13)22(31)27(23(32)26-24)11-19(28)25-14-6-7-17-18(10-14)21(30)16-5-3-2-4-15(16)20(17)29/h2-10,12H,11H2,1H3,(H,25,28)(H,26,32). The third kappa shape index (κ3) is 3.25. The van der Waals surface area contributed by atoms with Gasteiger partial charge < -0.3 is 10.6 Å². The molecule has 1 aliphatic heterocycles. The molecule has 0 saturated carbocycles. The molecule has 8 nitrogen and oxygen atoms in total. The Morgan fingerprint density at radius 3 is 2.30 bits per heavy atom. The number of benzene rings is 2. The molecule has 4 amide bonds. The highest BCUT2D eigenvalue weighted by atomic mass is 32.1. The zero-order valence-corrected chi connectivity index (χ0v) is 18.2. The molecule has 2 aliphatic rings. The minimum absolute atomic E-state index is 0.191. The van der Waals surface area contributed by atoms with Gasteiger partial charge in [0.2, 0.25) is 5.91 Å². The number of nitrogens with zero attached hydrogens (tertiary/aromatic N) is 1. The normalized spacial score (nSPS) is 19.2. The molecule has 0 spiro atoms. The molecule has 2 heterocycles. The van der Waals surface area contributed by atoms with Gasteiger partial charge in [0.1, 0.15) is 12.1 Å². The van der Waals surface area contributed by atoms with Crippen molar-refractivity contribution < 1.29 is 24.0 Å². The third-order valence-corrected chi connectivity index (χ3v) is 6.57. The van der Waals surface area contributed by atoms with Crippen LogP contribution in [0.15, 0.2) is 59.3 Å². The van der Waals surface area contributed by atoms with Gasteiger partial charge in [-0.2, -0.15) is 11.3 Å². The SMILES string of the molecule is CC1(c2ccsc2)NC(=O)N(CC(=O)Nc2ccc3c(c2)C(=O)c2ccccc2C3=O)C1=O. The van der Waals surface area contributed by atoms with Crippen LogP contribution in [0.1, 0.15) is 44.3 Å². The number of nitrogens with one attached hydrogen (secondary N) is 2. The molecule has 0 radical (unpaired) electrons. The van der Waals surface area contributed by atoms with E-state index in [4.69, 9.17) is 0 Å². The maximum absolute atomic E-state index is 12.9. The molecule has 0 bridgehead atoms. The average Bonchev–Trinajstić information content (AvgIpc) is 3.42. The lowest BCUT2D eigenvalue weighted by atomic mass is 9.84. The molecule has 1 saturated heterocycles. The summed E-state index contributed by atoms with van der Waals surface area (Å²) in [6.07, 6.45) is 0. The van der Waals surface area contributed by atoms with E-state index in [-0.39, 0.29) is 28.4 Å². The first-order chi connectivity index (χ1) is 15.8. The molecule has 164 valence electrons. The van der Waals surface area contributed by atoms with Crippen LogP contribution in [-0.2, 0) is 15.1 Å². The first-order valence-electron chi connectivity index (χ1n) is 10.1. The summed E-state index contributed by atoms with van der Waals surface area (Å²) in [5.41, 5.74) is 0.806. The molecule has 5 rings (SSSR count). The van der Waals surface area contributed by atoms with E-state index in [0.29, 0.717) is 16.7 Å². The molecular weight excluding hydrogens is 442 g/mol. The van der Waals surface area contributed by atoms with Gasteiger partial charge in [-0.15, -0.1) is 0 Å². The second kappa shape index (κ2) is 7.49. The van der Waals surface area contributed by atoms with Crippen LogP contribution in [0.25, 0.3) is 0 Å². The first kappa shape index (κ1) is 20.8. The predicted octanol–water partition coefficient (Wildman–Crippen LogP) is 2.93. The third-order valence-electron chi connectivity index (χ3n) is 5.88. The molecule has 1 aromatic heterocycles. The van der Waals surface area contributed by atoms with E-state index in [1.165, 1.54) is 29.5 Å². The summed E-state index contributed by atoms with van der Waals surface area (Å²) in [5.74, 6) is -1.70. The fourth-order valence-electron chi connectivity index (χ4n) is 4.11. The molecule has 1 unspecified atom stereocenters. The van der Waals surface area contributed by atoms with Crippen LogP contribution in [0.2, 0.25) is 0 Å². The maximum atomic E-state index is 12.9. The minimum atomic E-state index is -1.23. The molecule has 9 heteroatoms. The average molecular weight is 459 g/mol. The van der Waals surface area contributed by atoms with E-state index < -0.39 is 29.9 Å². The van der Waals surface area contributed by atoms with E-state index in [2.05, 4.69) is 10.6 Å². The number of carbonyl (C=O) groups is 5. The van der Waals surface area contributed by atoms with Gasteiger partial charge in [-0.1, -0.05) is 24.3 Å². The number of carbonyl (C=O) groups excluding carboxylic acids is 5. The summed E-state index contributed by atoms with van der Waals surface area (Å²) in [5, 5.41) is 8.82. The second-order valence-corrected chi connectivity index (χ2v) is 8.75. The van der Waals surface area contributed by atoms with Crippen molar-refractivity contribution in [3.63, 3.8) is 0 Å². The Kier molecular flexibility index (Phi) is 4.71. The quantitative estimate of drug-likeness (QED) is 0.456. The fourth-order valence-corrected chi connectivity index (χ4v) is 4.87. The number of thiophene rings is 1. The van der Waals surface area contributed by atoms with Crippen LogP contribution in [0.3, 0.4) is 0 Å². The number of fused-ring (bicyclic) bond motifs is 2. The summed E-state index contributed by atoms with van der Waals surface area (Å²) in [7, 11) is 0. The largest absolute Gasteiger partial charge is 0.325 e. The first-order valence-corrected chi connectivity index (χ1v) is 11.0. The highest BCUT2D eigenvalue weighted by Gasteiger charge is 2.49. The van der Waals surface area contributed by atoms with Crippen LogP contribution in [0, 0.1) is 0 Å². The number of anilines is 1. The van der Waals surface area contributed by atoms with Crippen molar-refractivity contribution in [3.05, 3.63) is 87.1 Å². The Morgan fingerprint density at radius 1 is 0.970 bits per heavy atom. The zero-order valence-electron chi connectivity index (χ0n) is 17.4. The van der Waals surface area contributed by atoms with Crippen molar-refractivity contribution in [3.8, 4) is 0 Å². The molecular formula is C24H17N3O5S. The number of rotatable bonds is 4. The van der Waals surface area contributed by atoms with Gasteiger partial charge in [0.15, 0.2) is 11.6 Å². The van der Waals surface area contributed by atoms with Crippen molar-refractivity contribution in [2.24, 2.45) is 0 Å². The van der Waals surface area contributed by atoms with Crippen molar-refractivity contribution >= 4 is 46.4 Å². The van der Waals surface area contributed by atoms with E-state index in [0.717, 1.165) is 4.90 Å². The van der Waals surface area contributed by atoms with Crippen LogP contribution >= 0.6 is 11.3 Å². The summed E-state index contributed by atoms with van der Waals surface area (Å²) in [6.45, 7) is 1.11. The highest BCUT2D eigenvalue weighted by molar-refractivity contribution is 7.08. The fraction of sp³-hybridized carbons (Fsp3) is 0.125. The van der Waals surface area contributed by atoms with Gasteiger partial charge in [-0.3, -0.25) is 24.1 Å². The van der Waals surface area contributed by atoms with Gasteiger partial charge in [0.05, 0.1) is 0 Å². The Hall–Kier alpha value is -4.11. The van der Waals surface area contributed by atoms with E-state index in [1.807, 2.05) is 0 Å². The maximum Gasteiger partial charge on any atom is 0.325 e. The lowest BCUT2D eigenvalue weighted by Crippen LogP contribution is -2.41. The number of amides is 4. The number of urea groups is 1. The summed E-state index contributed by atoms with van der Waals surface area (Å²) in [4.78, 5) is 64.4. The lowest BCUT2D eigenvalue weighted by Gasteiger charge is -2.20. The number of hydrogen-bond donors (Lipinski definition) is 2. The highest BCUT2D eigenvalue weighted by Crippen LogP contribution is 2.31. The lowest BCUT2D eigenvalue weighted by molar-refractivity contribution is -0.133. The summed E-state index contributed by atoms with van der Waals surface area (Å²) >= 11 is 1.40. The van der Waals surface area contributed by atoms with Crippen LogP contribution in [0.5, 0.6) is 0 Å². The van der Waals surface area contributed by atoms with Crippen LogP contribution in [-0.4, -0.2) is 40.9 Å². The smallest absolute Gasteiger partial charge is 0.325 e. The van der Waals surface area contributed by atoms with Crippen molar-refractivity contribution in [1.29, 1.82) is 0 Å². The number of ketones is 2. The Morgan fingerprint density at radius 2 is 1.64 bits per heavy atom. The monoisotopic (exact) mass is 459 g/mol. The molecule has 1 aliphatic carbocycles. The topological polar surface area (TPSA) is 113 Å². The van der Waals surface area contributed by atoms with Crippen molar-refractivity contribution in [2.45, 2.75) is 12.5 Å². The van der Waals surface area contributed by atoms with E-state index >= 15 is 0 Å². The van der Waals surface area contributed by atoms with Crippen LogP contribution in [0.4, 0.5) is 10.5 Å². The molecule has 3 aromatic rings. The van der Waals surface area contributed by atoms with Gasteiger partial charge in [0.25, 0.3) is 5.91 Å². The zero-order chi connectivity index (χ0) is 23.3. The molecule has 33 heavy (non-hydrogen) atoms. The van der Waals surface area contributed by atoms with E-state index in [1.54, 1.807) is 48.0 Å². The Labute approximate surface area is 192 Å². The number of imide groups is 1. The summed E-state index contributed by atoms with van der Waals surface area (Å²) in [6, 6.07) is 12.1.